The van der Waals surface area contributed by atoms with E-state index in [1.807, 2.05) is 32.0 Å². The fraction of sp³-hybridized carbons (Fsp3) is 0.118. The largest absolute Gasteiger partial charge is 0.508 e. The van der Waals surface area contributed by atoms with Crippen LogP contribution in [0.1, 0.15) is 11.3 Å². The summed E-state index contributed by atoms with van der Waals surface area (Å²) in [6.07, 6.45) is 1.75. The van der Waals surface area contributed by atoms with E-state index in [1.165, 1.54) is 0 Å². The Balaban J connectivity index is 1.74. The molecule has 114 valence electrons. The van der Waals surface area contributed by atoms with Gasteiger partial charge in [0, 0.05) is 28.2 Å². The van der Waals surface area contributed by atoms with Gasteiger partial charge in [-0.1, -0.05) is 0 Å². The van der Waals surface area contributed by atoms with Gasteiger partial charge in [-0.05, 0) is 44.2 Å². The van der Waals surface area contributed by atoms with Gasteiger partial charge in [0.1, 0.15) is 5.75 Å². The number of fused-ring (bicyclic) bond motifs is 2. The van der Waals surface area contributed by atoms with Crippen molar-refractivity contribution in [3.63, 3.8) is 0 Å². The molecule has 0 aliphatic rings. The van der Waals surface area contributed by atoms with E-state index < -0.39 is 0 Å². The molecule has 0 fully saturated rings. The number of anilines is 2. The van der Waals surface area contributed by atoms with Gasteiger partial charge in [-0.15, -0.1) is 0 Å². The molecule has 0 atom stereocenters. The number of aromatic amines is 1. The van der Waals surface area contributed by atoms with Crippen LogP contribution in [-0.2, 0) is 0 Å². The Kier molecular flexibility index (Phi) is 2.90. The lowest BCUT2D eigenvalue weighted by Crippen LogP contribution is -1.98. The zero-order chi connectivity index (χ0) is 16.0. The molecule has 2 aromatic heterocycles. The third-order valence-electron chi connectivity index (χ3n) is 3.99. The predicted molar refractivity (Wildman–Crippen MR) is 90.1 cm³/mol. The summed E-state index contributed by atoms with van der Waals surface area (Å²) in [6, 6.07) is 9.41. The summed E-state index contributed by atoms with van der Waals surface area (Å²) in [6.45, 7) is 3.81. The summed E-state index contributed by atoms with van der Waals surface area (Å²) in [5.41, 5.74) is 4.29. The van der Waals surface area contributed by atoms with Crippen LogP contribution in [0.3, 0.4) is 0 Å². The Labute approximate surface area is 132 Å². The molecule has 0 amide bonds. The molecule has 6 nitrogen and oxygen atoms in total. The van der Waals surface area contributed by atoms with Crippen LogP contribution >= 0.6 is 0 Å². The molecule has 23 heavy (non-hydrogen) atoms. The van der Waals surface area contributed by atoms with E-state index in [4.69, 9.17) is 0 Å². The first kappa shape index (κ1) is 13.5. The molecule has 2 heterocycles. The van der Waals surface area contributed by atoms with E-state index in [1.54, 1.807) is 18.3 Å². The number of hydrogen-bond acceptors (Lipinski definition) is 5. The number of phenols is 1. The van der Waals surface area contributed by atoms with Crippen LogP contribution in [0, 0.1) is 13.8 Å². The molecule has 2 aromatic carbocycles. The summed E-state index contributed by atoms with van der Waals surface area (Å²) in [5.74, 6) is 0.721. The molecule has 4 rings (SSSR count). The second-order valence-electron chi connectivity index (χ2n) is 5.54. The first-order valence-electron chi connectivity index (χ1n) is 7.29. The molecule has 0 spiro atoms. The van der Waals surface area contributed by atoms with Gasteiger partial charge >= 0.3 is 0 Å². The van der Waals surface area contributed by atoms with Crippen molar-refractivity contribution in [3.05, 3.63) is 47.8 Å². The van der Waals surface area contributed by atoms with Crippen LogP contribution in [0.4, 0.5) is 11.6 Å². The summed E-state index contributed by atoms with van der Waals surface area (Å²) in [5, 5.41) is 22.2. The fourth-order valence-corrected chi connectivity index (χ4v) is 2.65. The van der Waals surface area contributed by atoms with E-state index in [0.29, 0.717) is 5.95 Å². The van der Waals surface area contributed by atoms with Crippen LogP contribution in [0.5, 0.6) is 5.75 Å². The van der Waals surface area contributed by atoms with Crippen LogP contribution in [0.2, 0.25) is 0 Å². The molecular formula is C17H15N5O. The van der Waals surface area contributed by atoms with Gasteiger partial charge in [0.05, 0.1) is 16.7 Å². The number of phenolic OH excluding ortho intramolecular Hbond substituents is 1. The topological polar surface area (TPSA) is 86.7 Å². The summed E-state index contributed by atoms with van der Waals surface area (Å²) < 4.78 is 0. The molecule has 6 heteroatoms. The maximum absolute atomic E-state index is 9.83. The van der Waals surface area contributed by atoms with Gasteiger partial charge in [-0.25, -0.2) is 9.97 Å². The van der Waals surface area contributed by atoms with E-state index in [9.17, 15) is 5.11 Å². The van der Waals surface area contributed by atoms with Gasteiger partial charge in [0.2, 0.25) is 5.95 Å². The Morgan fingerprint density at radius 3 is 2.87 bits per heavy atom. The second kappa shape index (κ2) is 4.95. The van der Waals surface area contributed by atoms with Crippen molar-refractivity contribution >= 4 is 33.4 Å². The van der Waals surface area contributed by atoms with Gasteiger partial charge in [0.15, 0.2) is 0 Å². The van der Waals surface area contributed by atoms with Crippen LogP contribution < -0.4 is 5.32 Å². The minimum Gasteiger partial charge on any atom is -0.508 e. The minimum atomic E-state index is 0.233. The van der Waals surface area contributed by atoms with Crippen molar-refractivity contribution in [3.8, 4) is 5.75 Å². The first-order chi connectivity index (χ1) is 11.1. The Bertz CT molecular complexity index is 1040. The molecule has 0 unspecified atom stereocenters. The predicted octanol–water partition coefficient (Wildman–Crippen LogP) is 3.57. The lowest BCUT2D eigenvalue weighted by atomic mass is 10.1. The Hall–Kier alpha value is -3.15. The maximum atomic E-state index is 9.83. The molecule has 0 saturated heterocycles. The van der Waals surface area contributed by atoms with Crippen molar-refractivity contribution in [1.29, 1.82) is 0 Å². The lowest BCUT2D eigenvalue weighted by Gasteiger charge is -2.08. The molecule has 0 radical (unpaired) electrons. The fourth-order valence-electron chi connectivity index (χ4n) is 2.65. The van der Waals surface area contributed by atoms with Crippen molar-refractivity contribution in [1.82, 2.24) is 20.2 Å². The number of nitrogens with one attached hydrogen (secondary N) is 2. The number of nitrogens with zero attached hydrogens (tertiary/aromatic N) is 3. The highest BCUT2D eigenvalue weighted by Gasteiger charge is 2.07. The van der Waals surface area contributed by atoms with Crippen molar-refractivity contribution in [2.24, 2.45) is 0 Å². The summed E-state index contributed by atoms with van der Waals surface area (Å²) in [4.78, 5) is 8.84. The van der Waals surface area contributed by atoms with E-state index in [-0.39, 0.29) is 5.75 Å². The van der Waals surface area contributed by atoms with Crippen molar-refractivity contribution in [2.75, 3.05) is 5.32 Å². The van der Waals surface area contributed by atoms with E-state index >= 15 is 0 Å². The number of H-pyrrole nitrogens is 1. The number of aromatic nitrogens is 4. The highest BCUT2D eigenvalue weighted by atomic mass is 16.3. The molecular weight excluding hydrogens is 290 g/mol. The van der Waals surface area contributed by atoms with Crippen LogP contribution in [0.25, 0.3) is 21.8 Å². The summed E-state index contributed by atoms with van der Waals surface area (Å²) in [7, 11) is 0. The SMILES string of the molecule is Cc1n[nH]c2cc(Nc3ncc4ccc(O)c(C)c4n3)ccc12. The minimum absolute atomic E-state index is 0.233. The van der Waals surface area contributed by atoms with Crippen LogP contribution in [-0.4, -0.2) is 25.3 Å². The number of aryl methyl sites for hydroxylation is 2. The average Bonchev–Trinajstić information content (AvgIpc) is 2.92. The van der Waals surface area contributed by atoms with Gasteiger partial charge in [-0.3, -0.25) is 5.10 Å². The Morgan fingerprint density at radius 1 is 1.13 bits per heavy atom. The van der Waals surface area contributed by atoms with Crippen LogP contribution in [0.15, 0.2) is 36.5 Å². The van der Waals surface area contributed by atoms with Crippen molar-refractivity contribution < 1.29 is 5.11 Å². The highest BCUT2D eigenvalue weighted by molar-refractivity contribution is 5.86. The van der Waals surface area contributed by atoms with Crippen molar-refractivity contribution in [2.45, 2.75) is 13.8 Å². The first-order valence-corrected chi connectivity index (χ1v) is 7.29. The average molecular weight is 305 g/mol. The van der Waals surface area contributed by atoms with E-state index in [0.717, 1.165) is 38.8 Å². The van der Waals surface area contributed by atoms with Gasteiger partial charge in [-0.2, -0.15) is 5.10 Å². The quantitative estimate of drug-likeness (QED) is 0.527. The maximum Gasteiger partial charge on any atom is 0.227 e. The third-order valence-corrected chi connectivity index (χ3v) is 3.99. The number of benzene rings is 2. The number of aromatic hydroxyl groups is 1. The molecule has 0 aliphatic carbocycles. The number of hydrogen-bond donors (Lipinski definition) is 3. The molecule has 4 aromatic rings. The zero-order valence-corrected chi connectivity index (χ0v) is 12.8. The van der Waals surface area contributed by atoms with E-state index in [2.05, 4.69) is 25.5 Å². The Morgan fingerprint density at radius 2 is 2.00 bits per heavy atom. The van der Waals surface area contributed by atoms with Gasteiger partial charge in [0.25, 0.3) is 0 Å². The summed E-state index contributed by atoms with van der Waals surface area (Å²) >= 11 is 0. The normalized spacial score (nSPS) is 11.2. The zero-order valence-electron chi connectivity index (χ0n) is 12.8. The monoisotopic (exact) mass is 305 g/mol. The standard InChI is InChI=1S/C17H15N5O/c1-9-15(23)6-3-11-8-18-17(20-16(9)11)19-12-4-5-13-10(2)21-22-14(13)7-12/h3-8,23H,1-2H3,(H,21,22)(H,18,19,20). The molecule has 0 saturated carbocycles. The third kappa shape index (κ3) is 2.24. The highest BCUT2D eigenvalue weighted by Crippen LogP contribution is 2.26. The molecule has 3 N–H and O–H groups in total. The second-order valence-corrected chi connectivity index (χ2v) is 5.54. The smallest absolute Gasteiger partial charge is 0.227 e. The lowest BCUT2D eigenvalue weighted by molar-refractivity contribution is 0.472. The molecule has 0 aliphatic heterocycles. The molecule has 0 bridgehead atoms. The van der Waals surface area contributed by atoms with Gasteiger partial charge < -0.3 is 10.4 Å². The number of rotatable bonds is 2.